The van der Waals surface area contributed by atoms with Crippen LogP contribution in [0.25, 0.3) is 0 Å². The molecule has 0 bridgehead atoms. The van der Waals surface area contributed by atoms with Crippen LogP contribution in [0.5, 0.6) is 0 Å². The fourth-order valence-electron chi connectivity index (χ4n) is 1.34. The molecule has 2 rings (SSSR count). The van der Waals surface area contributed by atoms with Crippen molar-refractivity contribution < 1.29 is 4.74 Å². The SMILES string of the molecule is CNc1cc(NC2COC2)c(C#N)cn1. The lowest BCUT2D eigenvalue weighted by Crippen LogP contribution is -2.40. The van der Waals surface area contributed by atoms with Crippen molar-refractivity contribution in [2.45, 2.75) is 6.04 Å². The van der Waals surface area contributed by atoms with E-state index in [2.05, 4.69) is 21.7 Å². The zero-order valence-corrected chi connectivity index (χ0v) is 8.45. The molecule has 1 fully saturated rings. The van der Waals surface area contributed by atoms with Crippen LogP contribution in [0.4, 0.5) is 11.5 Å². The molecule has 1 aliphatic rings. The van der Waals surface area contributed by atoms with Gasteiger partial charge < -0.3 is 15.4 Å². The maximum Gasteiger partial charge on any atom is 0.127 e. The van der Waals surface area contributed by atoms with E-state index in [1.165, 1.54) is 0 Å². The van der Waals surface area contributed by atoms with Crippen molar-refractivity contribution in [3.8, 4) is 6.07 Å². The quantitative estimate of drug-likeness (QED) is 0.762. The van der Waals surface area contributed by atoms with Crippen molar-refractivity contribution in [3.63, 3.8) is 0 Å². The molecule has 0 aromatic carbocycles. The molecule has 15 heavy (non-hydrogen) atoms. The van der Waals surface area contributed by atoms with Gasteiger partial charge in [-0.2, -0.15) is 5.26 Å². The molecule has 2 N–H and O–H groups in total. The van der Waals surface area contributed by atoms with Crippen LogP contribution < -0.4 is 10.6 Å². The summed E-state index contributed by atoms with van der Waals surface area (Å²) in [5, 5.41) is 15.1. The predicted octanol–water partition coefficient (Wildman–Crippen LogP) is 0.806. The molecule has 0 spiro atoms. The standard InChI is InChI=1S/C10H12N4O/c1-12-10-2-9(7(3-11)4-13-10)14-8-5-15-6-8/h2,4,8H,5-6H2,1H3,(H2,12,13,14). The third kappa shape index (κ3) is 2.00. The number of nitrogens with one attached hydrogen (secondary N) is 2. The Kier molecular flexibility index (Phi) is 2.70. The Morgan fingerprint density at radius 3 is 2.93 bits per heavy atom. The van der Waals surface area contributed by atoms with E-state index in [-0.39, 0.29) is 0 Å². The van der Waals surface area contributed by atoms with Crippen LogP contribution in [-0.2, 0) is 4.74 Å². The van der Waals surface area contributed by atoms with Crippen LogP contribution in [0, 0.1) is 11.3 Å². The van der Waals surface area contributed by atoms with Gasteiger partial charge in [0.25, 0.3) is 0 Å². The number of hydrogen-bond acceptors (Lipinski definition) is 5. The van der Waals surface area contributed by atoms with Gasteiger partial charge in [0.2, 0.25) is 0 Å². The second-order valence-electron chi connectivity index (χ2n) is 3.36. The average Bonchev–Trinajstić information content (AvgIpc) is 2.23. The molecule has 1 saturated heterocycles. The molecule has 0 radical (unpaired) electrons. The highest BCUT2D eigenvalue weighted by molar-refractivity contribution is 5.62. The first-order chi connectivity index (χ1) is 7.33. The summed E-state index contributed by atoms with van der Waals surface area (Å²) in [6, 6.07) is 4.25. The van der Waals surface area contributed by atoms with E-state index in [1.54, 1.807) is 13.2 Å². The number of rotatable bonds is 3. The zero-order chi connectivity index (χ0) is 10.7. The summed E-state index contributed by atoms with van der Waals surface area (Å²) in [6.07, 6.45) is 1.56. The zero-order valence-electron chi connectivity index (χ0n) is 8.45. The van der Waals surface area contributed by atoms with Gasteiger partial charge in [0.05, 0.1) is 30.5 Å². The third-order valence-corrected chi connectivity index (χ3v) is 2.28. The Hall–Kier alpha value is -1.80. The Morgan fingerprint density at radius 1 is 1.60 bits per heavy atom. The lowest BCUT2D eigenvalue weighted by atomic mass is 10.2. The largest absolute Gasteiger partial charge is 0.377 e. The summed E-state index contributed by atoms with van der Waals surface area (Å²) in [5.74, 6) is 0.747. The molecule has 0 amide bonds. The first-order valence-electron chi connectivity index (χ1n) is 4.75. The molecular weight excluding hydrogens is 192 g/mol. The van der Waals surface area contributed by atoms with Gasteiger partial charge in [-0.1, -0.05) is 0 Å². The van der Waals surface area contributed by atoms with Crippen molar-refractivity contribution in [3.05, 3.63) is 17.8 Å². The number of aromatic nitrogens is 1. The Morgan fingerprint density at radius 2 is 2.40 bits per heavy atom. The van der Waals surface area contributed by atoms with E-state index in [1.807, 2.05) is 6.07 Å². The molecule has 78 valence electrons. The van der Waals surface area contributed by atoms with Gasteiger partial charge in [-0.25, -0.2) is 4.98 Å². The maximum absolute atomic E-state index is 8.90. The molecule has 1 aromatic heterocycles. The van der Waals surface area contributed by atoms with Crippen LogP contribution >= 0.6 is 0 Å². The van der Waals surface area contributed by atoms with Crippen molar-refractivity contribution in [1.82, 2.24) is 4.98 Å². The summed E-state index contributed by atoms with van der Waals surface area (Å²) in [4.78, 5) is 4.07. The molecule has 5 nitrogen and oxygen atoms in total. The monoisotopic (exact) mass is 204 g/mol. The van der Waals surface area contributed by atoms with Crippen molar-refractivity contribution in [2.24, 2.45) is 0 Å². The lowest BCUT2D eigenvalue weighted by Gasteiger charge is -2.28. The minimum Gasteiger partial charge on any atom is -0.377 e. The average molecular weight is 204 g/mol. The molecule has 0 saturated carbocycles. The van der Waals surface area contributed by atoms with Crippen LogP contribution in [-0.4, -0.2) is 31.3 Å². The van der Waals surface area contributed by atoms with E-state index in [0.29, 0.717) is 24.8 Å². The molecule has 0 unspecified atom stereocenters. The van der Waals surface area contributed by atoms with Crippen LogP contribution in [0.2, 0.25) is 0 Å². The molecule has 0 aliphatic carbocycles. The van der Waals surface area contributed by atoms with Gasteiger partial charge in [0.1, 0.15) is 11.9 Å². The fourth-order valence-corrected chi connectivity index (χ4v) is 1.34. The highest BCUT2D eigenvalue weighted by Gasteiger charge is 2.19. The minimum atomic E-state index is 0.309. The van der Waals surface area contributed by atoms with E-state index >= 15 is 0 Å². The second kappa shape index (κ2) is 4.15. The minimum absolute atomic E-state index is 0.309. The first kappa shape index (κ1) is 9.74. The number of nitriles is 1. The Labute approximate surface area is 88.1 Å². The summed E-state index contributed by atoms with van der Waals surface area (Å²) in [7, 11) is 1.80. The molecule has 1 aliphatic heterocycles. The molecule has 1 aromatic rings. The number of hydrogen-bond donors (Lipinski definition) is 2. The number of anilines is 2. The van der Waals surface area contributed by atoms with Gasteiger partial charge in [-0.3, -0.25) is 0 Å². The number of pyridine rings is 1. The first-order valence-corrected chi connectivity index (χ1v) is 4.75. The lowest BCUT2D eigenvalue weighted by molar-refractivity contribution is 0.0211. The Balaban J connectivity index is 2.21. The number of nitrogens with zero attached hydrogens (tertiary/aromatic N) is 2. The Bertz CT molecular complexity index is 395. The highest BCUT2D eigenvalue weighted by atomic mass is 16.5. The second-order valence-corrected chi connectivity index (χ2v) is 3.36. The van der Waals surface area contributed by atoms with Gasteiger partial charge in [0.15, 0.2) is 0 Å². The van der Waals surface area contributed by atoms with Crippen LogP contribution in [0.15, 0.2) is 12.3 Å². The normalized spacial score (nSPS) is 15.2. The maximum atomic E-state index is 8.90. The molecule has 2 heterocycles. The van der Waals surface area contributed by atoms with Crippen molar-refractivity contribution in [1.29, 1.82) is 5.26 Å². The fraction of sp³-hybridized carbons (Fsp3) is 0.400. The molecular formula is C10H12N4O. The van der Waals surface area contributed by atoms with E-state index in [0.717, 1.165) is 11.5 Å². The topological polar surface area (TPSA) is 70.0 Å². The smallest absolute Gasteiger partial charge is 0.127 e. The number of ether oxygens (including phenoxy) is 1. The van der Waals surface area contributed by atoms with Crippen LogP contribution in [0.1, 0.15) is 5.56 Å². The summed E-state index contributed by atoms with van der Waals surface area (Å²) in [5.41, 5.74) is 1.37. The molecule has 5 heteroatoms. The van der Waals surface area contributed by atoms with Gasteiger partial charge >= 0.3 is 0 Å². The van der Waals surface area contributed by atoms with E-state index < -0.39 is 0 Å². The summed E-state index contributed by atoms with van der Waals surface area (Å²) in [6.45, 7) is 1.39. The third-order valence-electron chi connectivity index (χ3n) is 2.28. The predicted molar refractivity (Wildman–Crippen MR) is 56.7 cm³/mol. The van der Waals surface area contributed by atoms with E-state index in [9.17, 15) is 0 Å². The van der Waals surface area contributed by atoms with Gasteiger partial charge in [0, 0.05) is 19.3 Å². The van der Waals surface area contributed by atoms with Crippen molar-refractivity contribution in [2.75, 3.05) is 30.9 Å². The highest BCUT2D eigenvalue weighted by Crippen LogP contribution is 2.20. The van der Waals surface area contributed by atoms with Crippen molar-refractivity contribution >= 4 is 11.5 Å². The van der Waals surface area contributed by atoms with Crippen LogP contribution in [0.3, 0.4) is 0 Å². The summed E-state index contributed by atoms with van der Waals surface area (Å²) < 4.78 is 5.06. The van der Waals surface area contributed by atoms with Gasteiger partial charge in [-0.15, -0.1) is 0 Å². The van der Waals surface area contributed by atoms with E-state index in [4.69, 9.17) is 10.00 Å². The van der Waals surface area contributed by atoms with Gasteiger partial charge in [-0.05, 0) is 0 Å². The molecule has 0 atom stereocenters. The summed E-state index contributed by atoms with van der Waals surface area (Å²) >= 11 is 0.